The summed E-state index contributed by atoms with van der Waals surface area (Å²) in [4.78, 5) is 35.0. The summed E-state index contributed by atoms with van der Waals surface area (Å²) in [7, 11) is 0. The van der Waals surface area contributed by atoms with Crippen LogP contribution in [0, 0.1) is 5.92 Å². The lowest BCUT2D eigenvalue weighted by molar-refractivity contribution is -0.127. The van der Waals surface area contributed by atoms with Gasteiger partial charge in [-0.05, 0) is 17.9 Å². The molecule has 0 aliphatic heterocycles. The van der Waals surface area contributed by atoms with Crippen molar-refractivity contribution in [1.82, 2.24) is 10.6 Å². The maximum Gasteiger partial charge on any atom is 0.408 e. The van der Waals surface area contributed by atoms with E-state index in [1.54, 1.807) is 0 Å². The first kappa shape index (κ1) is 19.5. The van der Waals surface area contributed by atoms with Crippen LogP contribution in [0.5, 0.6) is 0 Å². The van der Waals surface area contributed by atoms with E-state index in [2.05, 4.69) is 10.6 Å². The van der Waals surface area contributed by atoms with Gasteiger partial charge in [-0.1, -0.05) is 44.2 Å². The van der Waals surface area contributed by atoms with E-state index in [0.717, 1.165) is 12.0 Å². The number of primary amides is 1. The second-order valence-corrected chi connectivity index (χ2v) is 5.90. The van der Waals surface area contributed by atoms with Gasteiger partial charge in [0.25, 0.3) is 0 Å². The third-order valence-electron chi connectivity index (χ3n) is 3.25. The van der Waals surface area contributed by atoms with Gasteiger partial charge in [0.05, 0.1) is 6.42 Å². The number of carbonyl (C=O) groups is 3. The third-order valence-corrected chi connectivity index (χ3v) is 3.25. The quantitative estimate of drug-likeness (QED) is 0.632. The summed E-state index contributed by atoms with van der Waals surface area (Å²) in [5.74, 6) is -0.697. The molecule has 0 spiro atoms. The number of hydrogen-bond acceptors (Lipinski definition) is 4. The topological polar surface area (TPSA) is 111 Å². The highest BCUT2D eigenvalue weighted by molar-refractivity contribution is 5.90. The molecule has 0 bridgehead atoms. The van der Waals surface area contributed by atoms with Gasteiger partial charge in [0.2, 0.25) is 11.8 Å². The van der Waals surface area contributed by atoms with E-state index in [1.165, 1.54) is 0 Å². The molecule has 0 fully saturated rings. The second kappa shape index (κ2) is 10.3. The lowest BCUT2D eigenvalue weighted by Crippen LogP contribution is -2.49. The Morgan fingerprint density at radius 3 is 2.42 bits per heavy atom. The van der Waals surface area contributed by atoms with Crippen LogP contribution >= 0.6 is 0 Å². The molecule has 7 nitrogen and oxygen atoms in total. The van der Waals surface area contributed by atoms with E-state index in [0.29, 0.717) is 12.5 Å². The van der Waals surface area contributed by atoms with E-state index < -0.39 is 23.9 Å². The Labute approximate surface area is 141 Å². The molecular formula is C17H25N3O4. The molecule has 1 rings (SSSR count). The highest BCUT2D eigenvalue weighted by Gasteiger charge is 2.23. The monoisotopic (exact) mass is 335 g/mol. The van der Waals surface area contributed by atoms with Crippen molar-refractivity contribution in [3.63, 3.8) is 0 Å². The summed E-state index contributed by atoms with van der Waals surface area (Å²) >= 11 is 0. The molecule has 0 radical (unpaired) electrons. The van der Waals surface area contributed by atoms with Gasteiger partial charge in [0.1, 0.15) is 12.6 Å². The summed E-state index contributed by atoms with van der Waals surface area (Å²) in [5.41, 5.74) is 5.96. The van der Waals surface area contributed by atoms with E-state index in [-0.39, 0.29) is 13.0 Å². The Hall–Kier alpha value is -2.57. The first-order valence-electron chi connectivity index (χ1n) is 7.91. The Morgan fingerprint density at radius 2 is 1.83 bits per heavy atom. The summed E-state index contributed by atoms with van der Waals surface area (Å²) in [6, 6.07) is 8.09. The Morgan fingerprint density at radius 1 is 1.17 bits per heavy atom. The zero-order valence-electron chi connectivity index (χ0n) is 14.1. The minimum Gasteiger partial charge on any atom is -0.445 e. The molecule has 0 aromatic heterocycles. The summed E-state index contributed by atoms with van der Waals surface area (Å²) in [6.07, 6.45) is -0.259. The van der Waals surface area contributed by atoms with Crippen molar-refractivity contribution in [2.75, 3.05) is 6.54 Å². The van der Waals surface area contributed by atoms with Crippen molar-refractivity contribution in [3.05, 3.63) is 35.9 Å². The van der Waals surface area contributed by atoms with Crippen molar-refractivity contribution < 1.29 is 19.1 Å². The first-order valence-corrected chi connectivity index (χ1v) is 7.91. The molecule has 132 valence electrons. The highest BCUT2D eigenvalue weighted by Crippen LogP contribution is 2.02. The minimum absolute atomic E-state index is 0.0743. The summed E-state index contributed by atoms with van der Waals surface area (Å²) in [6.45, 7) is 4.61. The van der Waals surface area contributed by atoms with Crippen molar-refractivity contribution in [1.29, 1.82) is 0 Å². The van der Waals surface area contributed by atoms with Crippen LogP contribution in [0.4, 0.5) is 4.79 Å². The van der Waals surface area contributed by atoms with Crippen LogP contribution in [0.2, 0.25) is 0 Å². The number of alkyl carbamates (subject to hydrolysis) is 1. The predicted molar refractivity (Wildman–Crippen MR) is 89.8 cm³/mol. The third kappa shape index (κ3) is 8.17. The normalized spacial score (nSPS) is 11.6. The Bertz CT molecular complexity index is 546. The van der Waals surface area contributed by atoms with Crippen LogP contribution in [0.3, 0.4) is 0 Å². The van der Waals surface area contributed by atoms with Gasteiger partial charge in [-0.25, -0.2) is 4.79 Å². The predicted octanol–water partition coefficient (Wildman–Crippen LogP) is 1.32. The fourth-order valence-corrected chi connectivity index (χ4v) is 1.92. The SMILES string of the molecule is CC(C)CCNC(=O)[C@@H](CC(N)=O)NC(=O)OCc1ccccc1. The van der Waals surface area contributed by atoms with Crippen molar-refractivity contribution in [3.8, 4) is 0 Å². The van der Waals surface area contributed by atoms with Gasteiger partial charge in [0.15, 0.2) is 0 Å². The molecule has 1 aromatic rings. The minimum atomic E-state index is -1.04. The van der Waals surface area contributed by atoms with E-state index in [1.807, 2.05) is 44.2 Å². The summed E-state index contributed by atoms with van der Waals surface area (Å²) < 4.78 is 5.05. The molecule has 24 heavy (non-hydrogen) atoms. The first-order chi connectivity index (χ1) is 11.4. The zero-order valence-corrected chi connectivity index (χ0v) is 14.1. The Balaban J connectivity index is 2.49. The molecule has 4 N–H and O–H groups in total. The maximum atomic E-state index is 12.1. The van der Waals surface area contributed by atoms with Gasteiger partial charge < -0.3 is 21.1 Å². The largest absolute Gasteiger partial charge is 0.445 e. The lowest BCUT2D eigenvalue weighted by atomic mass is 10.1. The van der Waals surface area contributed by atoms with Crippen LogP contribution in [0.25, 0.3) is 0 Å². The van der Waals surface area contributed by atoms with Crippen molar-refractivity contribution in [2.24, 2.45) is 11.7 Å². The number of carbonyl (C=O) groups excluding carboxylic acids is 3. The number of nitrogens with two attached hydrogens (primary N) is 1. The number of rotatable bonds is 9. The average Bonchev–Trinajstić information content (AvgIpc) is 2.52. The average molecular weight is 335 g/mol. The highest BCUT2D eigenvalue weighted by atomic mass is 16.5. The molecule has 0 saturated heterocycles. The smallest absolute Gasteiger partial charge is 0.408 e. The standard InChI is InChI=1S/C17H25N3O4/c1-12(2)8-9-19-16(22)14(10-15(18)21)20-17(23)24-11-13-6-4-3-5-7-13/h3-7,12,14H,8-11H2,1-2H3,(H2,18,21)(H,19,22)(H,20,23)/t14-/m1/s1. The number of amides is 3. The molecule has 7 heteroatoms. The molecule has 0 heterocycles. The van der Waals surface area contributed by atoms with E-state index in [4.69, 9.17) is 10.5 Å². The molecule has 1 atom stereocenters. The fourth-order valence-electron chi connectivity index (χ4n) is 1.92. The van der Waals surface area contributed by atoms with Crippen molar-refractivity contribution >= 4 is 17.9 Å². The zero-order chi connectivity index (χ0) is 17.9. The summed E-state index contributed by atoms with van der Waals surface area (Å²) in [5, 5.41) is 5.06. The van der Waals surface area contributed by atoms with Crippen LogP contribution in [-0.2, 0) is 20.9 Å². The molecule has 3 amide bonds. The van der Waals surface area contributed by atoms with Gasteiger partial charge in [0, 0.05) is 6.54 Å². The van der Waals surface area contributed by atoms with Gasteiger partial charge in [-0.2, -0.15) is 0 Å². The molecule has 0 aliphatic rings. The van der Waals surface area contributed by atoms with Gasteiger partial charge >= 0.3 is 6.09 Å². The number of hydrogen-bond donors (Lipinski definition) is 3. The molecule has 0 unspecified atom stereocenters. The number of nitrogens with one attached hydrogen (secondary N) is 2. The van der Waals surface area contributed by atoms with Crippen molar-refractivity contribution in [2.45, 2.75) is 39.3 Å². The van der Waals surface area contributed by atoms with Crippen LogP contribution in [0.15, 0.2) is 30.3 Å². The van der Waals surface area contributed by atoms with Crippen LogP contribution in [-0.4, -0.2) is 30.5 Å². The second-order valence-electron chi connectivity index (χ2n) is 5.90. The van der Waals surface area contributed by atoms with E-state index >= 15 is 0 Å². The van der Waals surface area contributed by atoms with Gasteiger partial charge in [-0.3, -0.25) is 9.59 Å². The molecule has 1 aromatic carbocycles. The fraction of sp³-hybridized carbons (Fsp3) is 0.471. The maximum absolute atomic E-state index is 12.1. The molecule has 0 saturated carbocycles. The number of benzene rings is 1. The number of ether oxygens (including phenoxy) is 1. The van der Waals surface area contributed by atoms with Crippen LogP contribution in [0.1, 0.15) is 32.3 Å². The van der Waals surface area contributed by atoms with Crippen LogP contribution < -0.4 is 16.4 Å². The molecule has 0 aliphatic carbocycles. The molecular weight excluding hydrogens is 310 g/mol. The van der Waals surface area contributed by atoms with E-state index in [9.17, 15) is 14.4 Å². The lowest BCUT2D eigenvalue weighted by Gasteiger charge is -2.17. The van der Waals surface area contributed by atoms with Gasteiger partial charge in [-0.15, -0.1) is 0 Å². The Kier molecular flexibility index (Phi) is 8.32.